The Morgan fingerprint density at radius 1 is 1.22 bits per heavy atom. The van der Waals surface area contributed by atoms with Gasteiger partial charge in [-0.2, -0.15) is 0 Å². The Kier molecular flexibility index (Phi) is 5.46. The average molecular weight is 254 g/mol. The second-order valence-corrected chi connectivity index (χ2v) is 6.24. The van der Waals surface area contributed by atoms with Crippen LogP contribution in [0.4, 0.5) is 0 Å². The third kappa shape index (κ3) is 3.46. The summed E-state index contributed by atoms with van der Waals surface area (Å²) in [5, 5.41) is 13.8. The Balaban J connectivity index is 1.83. The van der Waals surface area contributed by atoms with E-state index in [9.17, 15) is 5.11 Å². The maximum Gasteiger partial charge on any atom is 0.0695 e. The van der Waals surface area contributed by atoms with Gasteiger partial charge < -0.3 is 10.4 Å². The lowest BCUT2D eigenvalue weighted by Gasteiger charge is -2.44. The van der Waals surface area contributed by atoms with Crippen molar-refractivity contribution in [2.24, 2.45) is 5.92 Å². The first-order chi connectivity index (χ1) is 8.72. The molecule has 1 saturated carbocycles. The van der Waals surface area contributed by atoms with Crippen molar-refractivity contribution in [1.29, 1.82) is 0 Å². The van der Waals surface area contributed by atoms with E-state index in [2.05, 4.69) is 24.1 Å². The molecule has 1 aliphatic carbocycles. The highest BCUT2D eigenvalue weighted by Crippen LogP contribution is 2.27. The predicted octanol–water partition coefficient (Wildman–Crippen LogP) is 2.00. The lowest BCUT2D eigenvalue weighted by molar-refractivity contribution is -0.00429. The Morgan fingerprint density at radius 3 is 2.67 bits per heavy atom. The van der Waals surface area contributed by atoms with Crippen LogP contribution in [0, 0.1) is 5.92 Å². The van der Waals surface area contributed by atoms with Gasteiger partial charge in [0.2, 0.25) is 0 Å². The van der Waals surface area contributed by atoms with Crippen molar-refractivity contribution in [3.8, 4) is 0 Å². The van der Waals surface area contributed by atoms with Gasteiger partial charge in [-0.05, 0) is 38.1 Å². The molecule has 4 atom stereocenters. The van der Waals surface area contributed by atoms with Crippen LogP contribution in [0.25, 0.3) is 0 Å². The van der Waals surface area contributed by atoms with E-state index in [1.165, 1.54) is 32.1 Å². The zero-order chi connectivity index (χ0) is 13.0. The van der Waals surface area contributed by atoms with Crippen LogP contribution in [0.2, 0.25) is 0 Å². The Bertz CT molecular complexity index is 247. The predicted molar refractivity (Wildman–Crippen MR) is 75.7 cm³/mol. The third-order valence-electron chi connectivity index (χ3n) is 4.76. The fourth-order valence-electron chi connectivity index (χ4n) is 3.63. The van der Waals surface area contributed by atoms with E-state index in [-0.39, 0.29) is 6.10 Å². The third-order valence-corrected chi connectivity index (χ3v) is 4.76. The minimum absolute atomic E-state index is 0.0777. The van der Waals surface area contributed by atoms with E-state index in [0.29, 0.717) is 18.0 Å². The van der Waals surface area contributed by atoms with E-state index in [1.807, 2.05) is 0 Å². The van der Waals surface area contributed by atoms with E-state index in [4.69, 9.17) is 0 Å². The summed E-state index contributed by atoms with van der Waals surface area (Å²) in [6.07, 6.45) is 7.09. The summed E-state index contributed by atoms with van der Waals surface area (Å²) in [5.74, 6) is 0.708. The Hall–Kier alpha value is -0.120. The number of nitrogens with zero attached hydrogens (tertiary/aromatic N) is 1. The molecule has 1 aliphatic heterocycles. The van der Waals surface area contributed by atoms with Crippen molar-refractivity contribution < 1.29 is 5.11 Å². The van der Waals surface area contributed by atoms with E-state index in [0.717, 1.165) is 26.1 Å². The van der Waals surface area contributed by atoms with Crippen LogP contribution in [0.3, 0.4) is 0 Å². The zero-order valence-corrected chi connectivity index (χ0v) is 12.1. The van der Waals surface area contributed by atoms with E-state index >= 15 is 0 Å². The van der Waals surface area contributed by atoms with Gasteiger partial charge in [0.25, 0.3) is 0 Å². The molecule has 1 heterocycles. The highest BCUT2D eigenvalue weighted by Gasteiger charge is 2.33. The smallest absolute Gasteiger partial charge is 0.0695 e. The van der Waals surface area contributed by atoms with Gasteiger partial charge in [-0.1, -0.05) is 26.7 Å². The van der Waals surface area contributed by atoms with Gasteiger partial charge >= 0.3 is 0 Å². The molecular weight excluding hydrogens is 224 g/mol. The molecule has 3 heteroatoms. The highest BCUT2D eigenvalue weighted by molar-refractivity contribution is 4.90. The van der Waals surface area contributed by atoms with Crippen LogP contribution < -0.4 is 5.32 Å². The lowest BCUT2D eigenvalue weighted by atomic mass is 9.87. The number of aliphatic hydroxyl groups excluding tert-OH is 1. The van der Waals surface area contributed by atoms with Crippen molar-refractivity contribution >= 4 is 0 Å². The summed E-state index contributed by atoms with van der Waals surface area (Å²) in [6.45, 7) is 8.04. The SMILES string of the molecule is CCCNC1CCN(C2CCCCC2O)CC1C. The molecule has 106 valence electrons. The molecule has 0 aromatic heterocycles. The normalized spacial score (nSPS) is 38.8. The lowest BCUT2D eigenvalue weighted by Crippen LogP contribution is -2.55. The first-order valence-electron chi connectivity index (χ1n) is 7.88. The molecule has 0 amide bonds. The zero-order valence-electron chi connectivity index (χ0n) is 12.1. The molecule has 2 rings (SSSR count). The number of piperidine rings is 1. The summed E-state index contributed by atoms with van der Waals surface area (Å²) in [5.41, 5.74) is 0. The second-order valence-electron chi connectivity index (χ2n) is 6.24. The van der Waals surface area contributed by atoms with E-state index in [1.54, 1.807) is 0 Å². The molecule has 0 aromatic rings. The monoisotopic (exact) mass is 254 g/mol. The largest absolute Gasteiger partial charge is 0.391 e. The molecular formula is C15H30N2O. The van der Waals surface area contributed by atoms with Crippen LogP contribution in [0.5, 0.6) is 0 Å². The van der Waals surface area contributed by atoms with Gasteiger partial charge in [0.05, 0.1) is 6.10 Å². The van der Waals surface area contributed by atoms with Crippen LogP contribution in [0.1, 0.15) is 52.4 Å². The van der Waals surface area contributed by atoms with Crippen molar-refractivity contribution in [2.45, 2.75) is 70.6 Å². The minimum Gasteiger partial charge on any atom is -0.391 e. The molecule has 2 N–H and O–H groups in total. The fourth-order valence-corrected chi connectivity index (χ4v) is 3.63. The van der Waals surface area contributed by atoms with Crippen molar-refractivity contribution in [1.82, 2.24) is 10.2 Å². The summed E-state index contributed by atoms with van der Waals surface area (Å²) in [6, 6.07) is 1.12. The van der Waals surface area contributed by atoms with Crippen molar-refractivity contribution in [3.63, 3.8) is 0 Å². The van der Waals surface area contributed by atoms with Crippen LogP contribution in [0.15, 0.2) is 0 Å². The van der Waals surface area contributed by atoms with E-state index < -0.39 is 0 Å². The molecule has 0 radical (unpaired) electrons. The van der Waals surface area contributed by atoms with Crippen LogP contribution >= 0.6 is 0 Å². The van der Waals surface area contributed by atoms with Gasteiger partial charge in [-0.3, -0.25) is 4.90 Å². The Labute approximate surface area is 112 Å². The minimum atomic E-state index is -0.0777. The molecule has 2 aliphatic rings. The molecule has 0 spiro atoms. The number of hydrogen-bond acceptors (Lipinski definition) is 3. The molecule has 0 aromatic carbocycles. The first kappa shape index (κ1) is 14.3. The highest BCUT2D eigenvalue weighted by atomic mass is 16.3. The fraction of sp³-hybridized carbons (Fsp3) is 1.00. The van der Waals surface area contributed by atoms with Crippen molar-refractivity contribution in [2.75, 3.05) is 19.6 Å². The van der Waals surface area contributed by atoms with Gasteiger partial charge in [-0.25, -0.2) is 0 Å². The molecule has 0 bridgehead atoms. The molecule has 4 unspecified atom stereocenters. The quantitative estimate of drug-likeness (QED) is 0.805. The second kappa shape index (κ2) is 6.88. The average Bonchev–Trinajstić information content (AvgIpc) is 2.38. The summed E-state index contributed by atoms with van der Waals surface area (Å²) >= 11 is 0. The van der Waals surface area contributed by atoms with Crippen molar-refractivity contribution in [3.05, 3.63) is 0 Å². The van der Waals surface area contributed by atoms with Gasteiger partial charge in [-0.15, -0.1) is 0 Å². The number of hydrogen-bond donors (Lipinski definition) is 2. The first-order valence-corrected chi connectivity index (χ1v) is 7.88. The molecule has 1 saturated heterocycles. The number of likely N-dealkylation sites (tertiary alicyclic amines) is 1. The van der Waals surface area contributed by atoms with Crippen LogP contribution in [-0.4, -0.2) is 47.8 Å². The molecule has 18 heavy (non-hydrogen) atoms. The maximum atomic E-state index is 10.2. The molecule has 2 fully saturated rings. The summed E-state index contributed by atoms with van der Waals surface area (Å²) in [4.78, 5) is 2.55. The summed E-state index contributed by atoms with van der Waals surface area (Å²) in [7, 11) is 0. The van der Waals surface area contributed by atoms with Gasteiger partial charge in [0, 0.05) is 25.2 Å². The van der Waals surface area contributed by atoms with Gasteiger partial charge in [0.15, 0.2) is 0 Å². The topological polar surface area (TPSA) is 35.5 Å². The number of rotatable bonds is 4. The standard InChI is InChI=1S/C15H30N2O/c1-3-9-16-13-8-10-17(11-12(13)2)14-6-4-5-7-15(14)18/h12-16,18H,3-11H2,1-2H3. The Morgan fingerprint density at radius 2 is 2.00 bits per heavy atom. The summed E-state index contributed by atoms with van der Waals surface area (Å²) < 4.78 is 0. The van der Waals surface area contributed by atoms with Gasteiger partial charge in [0.1, 0.15) is 0 Å². The maximum absolute atomic E-state index is 10.2. The number of aliphatic hydroxyl groups is 1. The molecule has 3 nitrogen and oxygen atoms in total. The number of nitrogens with one attached hydrogen (secondary N) is 1. The van der Waals surface area contributed by atoms with Crippen LogP contribution in [-0.2, 0) is 0 Å².